The smallest absolute Gasteiger partial charge is 0.237 e. The molecule has 0 radical (unpaired) electrons. The van der Waals surface area contributed by atoms with Crippen molar-refractivity contribution in [3.05, 3.63) is 54.4 Å². The highest BCUT2D eigenvalue weighted by molar-refractivity contribution is 8.00. The van der Waals surface area contributed by atoms with Crippen LogP contribution in [0.1, 0.15) is 25.8 Å². The first-order chi connectivity index (χ1) is 13.1. The predicted molar refractivity (Wildman–Crippen MR) is 109 cm³/mol. The molecule has 1 atom stereocenters. The Bertz CT molecular complexity index is 910. The number of nitrogens with one attached hydrogen (secondary N) is 1. The van der Waals surface area contributed by atoms with Gasteiger partial charge in [-0.1, -0.05) is 30.8 Å². The summed E-state index contributed by atoms with van der Waals surface area (Å²) in [5.41, 5.74) is 2.88. The van der Waals surface area contributed by atoms with Gasteiger partial charge in [-0.25, -0.2) is 0 Å². The molecule has 0 aliphatic carbocycles. The fourth-order valence-electron chi connectivity index (χ4n) is 2.69. The van der Waals surface area contributed by atoms with Gasteiger partial charge in [0.05, 0.1) is 5.25 Å². The molecule has 1 N–H and O–H groups in total. The third kappa shape index (κ3) is 4.74. The van der Waals surface area contributed by atoms with Crippen LogP contribution in [0.15, 0.2) is 53.9 Å². The first kappa shape index (κ1) is 19.1. The van der Waals surface area contributed by atoms with Gasteiger partial charge in [0.25, 0.3) is 0 Å². The van der Waals surface area contributed by atoms with Crippen LogP contribution in [-0.2, 0) is 11.3 Å². The number of carbonyl (C=O) groups excluding carboxylic acids is 1. The van der Waals surface area contributed by atoms with E-state index in [1.54, 1.807) is 12.4 Å². The molecule has 0 saturated heterocycles. The van der Waals surface area contributed by atoms with Crippen molar-refractivity contribution >= 4 is 23.4 Å². The van der Waals surface area contributed by atoms with Gasteiger partial charge in [0.15, 0.2) is 11.0 Å². The average molecular weight is 382 g/mol. The lowest BCUT2D eigenvalue weighted by molar-refractivity contribution is -0.115. The summed E-state index contributed by atoms with van der Waals surface area (Å²) in [4.78, 5) is 16.6. The fourth-order valence-corrected chi connectivity index (χ4v) is 3.57. The van der Waals surface area contributed by atoms with Gasteiger partial charge in [-0.05, 0) is 50.1 Å². The molecule has 1 unspecified atom stereocenters. The normalized spacial score (nSPS) is 12.0. The lowest BCUT2D eigenvalue weighted by Crippen LogP contribution is -2.23. The number of aromatic nitrogens is 4. The van der Waals surface area contributed by atoms with Crippen molar-refractivity contribution in [3.8, 4) is 11.4 Å². The highest BCUT2D eigenvalue weighted by Gasteiger charge is 2.20. The average Bonchev–Trinajstić information content (AvgIpc) is 3.05. The molecule has 0 fully saturated rings. The summed E-state index contributed by atoms with van der Waals surface area (Å²) in [6.45, 7) is 6.78. The minimum absolute atomic E-state index is 0.0536. The van der Waals surface area contributed by atoms with Crippen molar-refractivity contribution in [2.75, 3.05) is 5.32 Å². The van der Waals surface area contributed by atoms with E-state index in [9.17, 15) is 4.79 Å². The second kappa shape index (κ2) is 8.81. The van der Waals surface area contributed by atoms with Crippen molar-refractivity contribution in [3.63, 3.8) is 0 Å². The van der Waals surface area contributed by atoms with Gasteiger partial charge in [0.1, 0.15) is 0 Å². The zero-order chi connectivity index (χ0) is 19.2. The second-order valence-corrected chi connectivity index (χ2v) is 7.62. The number of anilines is 1. The third-order valence-corrected chi connectivity index (χ3v) is 5.12. The Hall–Kier alpha value is -2.67. The Labute approximate surface area is 163 Å². The lowest BCUT2D eigenvalue weighted by atomic mass is 10.2. The van der Waals surface area contributed by atoms with E-state index in [4.69, 9.17) is 0 Å². The highest BCUT2D eigenvalue weighted by atomic mass is 32.2. The second-order valence-electron chi connectivity index (χ2n) is 6.31. The van der Waals surface area contributed by atoms with Gasteiger partial charge >= 0.3 is 0 Å². The molecule has 1 aromatic carbocycles. The summed E-state index contributed by atoms with van der Waals surface area (Å²) in [7, 11) is 0. The molecule has 0 bridgehead atoms. The van der Waals surface area contributed by atoms with Crippen molar-refractivity contribution in [2.45, 2.75) is 44.1 Å². The maximum atomic E-state index is 12.6. The summed E-state index contributed by atoms with van der Waals surface area (Å²) in [5, 5.41) is 12.1. The van der Waals surface area contributed by atoms with Crippen LogP contribution in [0.3, 0.4) is 0 Å². The monoisotopic (exact) mass is 381 g/mol. The molecule has 27 heavy (non-hydrogen) atoms. The largest absolute Gasteiger partial charge is 0.325 e. The van der Waals surface area contributed by atoms with Crippen LogP contribution in [0.2, 0.25) is 0 Å². The van der Waals surface area contributed by atoms with Crippen molar-refractivity contribution in [1.29, 1.82) is 0 Å². The Balaban J connectivity index is 1.76. The molecule has 0 spiro atoms. The van der Waals surface area contributed by atoms with Gasteiger partial charge in [-0.2, -0.15) is 0 Å². The van der Waals surface area contributed by atoms with Gasteiger partial charge in [0, 0.05) is 30.2 Å². The van der Waals surface area contributed by atoms with E-state index in [-0.39, 0.29) is 11.2 Å². The van der Waals surface area contributed by atoms with Gasteiger partial charge in [0.2, 0.25) is 5.91 Å². The standard InChI is InChI=1S/C20H23N5OS/c1-4-12-25-18(16-8-10-21-11-9-16)23-24-20(25)27-15(3)19(26)22-17-7-5-6-14(2)13-17/h5-11,13,15H,4,12H2,1-3H3,(H,22,26). The Kier molecular flexibility index (Phi) is 6.24. The van der Waals surface area contributed by atoms with Crippen molar-refractivity contribution < 1.29 is 4.79 Å². The molecular weight excluding hydrogens is 358 g/mol. The van der Waals surface area contributed by atoms with E-state index < -0.39 is 0 Å². The van der Waals surface area contributed by atoms with Crippen LogP contribution in [0.4, 0.5) is 5.69 Å². The first-order valence-electron chi connectivity index (χ1n) is 8.96. The van der Waals surface area contributed by atoms with E-state index in [1.165, 1.54) is 11.8 Å². The minimum Gasteiger partial charge on any atom is -0.325 e. The highest BCUT2D eigenvalue weighted by Crippen LogP contribution is 2.27. The number of pyridine rings is 1. The molecule has 0 aliphatic heterocycles. The van der Waals surface area contributed by atoms with Crippen LogP contribution >= 0.6 is 11.8 Å². The van der Waals surface area contributed by atoms with E-state index in [0.29, 0.717) is 0 Å². The van der Waals surface area contributed by atoms with E-state index in [1.807, 2.05) is 50.2 Å². The molecule has 140 valence electrons. The van der Waals surface area contributed by atoms with E-state index >= 15 is 0 Å². The molecule has 3 aromatic rings. The number of thioether (sulfide) groups is 1. The summed E-state index contributed by atoms with van der Waals surface area (Å²) < 4.78 is 2.07. The third-order valence-electron chi connectivity index (χ3n) is 4.04. The zero-order valence-electron chi connectivity index (χ0n) is 15.7. The summed E-state index contributed by atoms with van der Waals surface area (Å²) >= 11 is 1.42. The maximum absolute atomic E-state index is 12.6. The molecule has 3 rings (SSSR count). The minimum atomic E-state index is -0.296. The van der Waals surface area contributed by atoms with Crippen LogP contribution in [-0.4, -0.2) is 30.9 Å². The van der Waals surface area contributed by atoms with Gasteiger partial charge in [-0.3, -0.25) is 9.78 Å². The van der Waals surface area contributed by atoms with Crippen LogP contribution < -0.4 is 5.32 Å². The summed E-state index contributed by atoms with van der Waals surface area (Å²) in [5.74, 6) is 0.746. The fraction of sp³-hybridized carbons (Fsp3) is 0.300. The first-order valence-corrected chi connectivity index (χ1v) is 9.84. The molecule has 2 heterocycles. The molecular formula is C20H23N5OS. The van der Waals surface area contributed by atoms with Crippen LogP contribution in [0.25, 0.3) is 11.4 Å². The number of rotatable bonds is 7. The molecule has 2 aromatic heterocycles. The quantitative estimate of drug-likeness (QED) is 0.622. The van der Waals surface area contributed by atoms with Crippen LogP contribution in [0.5, 0.6) is 0 Å². The van der Waals surface area contributed by atoms with Gasteiger partial charge in [-0.15, -0.1) is 10.2 Å². The van der Waals surface area contributed by atoms with Crippen LogP contribution in [0, 0.1) is 6.92 Å². The molecule has 0 aliphatic rings. The molecule has 1 amide bonds. The Morgan fingerprint density at radius 2 is 2.00 bits per heavy atom. The summed E-state index contributed by atoms with van der Waals surface area (Å²) in [6.07, 6.45) is 4.43. The van der Waals surface area contributed by atoms with Crippen molar-refractivity contribution in [1.82, 2.24) is 19.7 Å². The van der Waals surface area contributed by atoms with E-state index in [2.05, 4.69) is 32.0 Å². The zero-order valence-corrected chi connectivity index (χ0v) is 16.5. The molecule has 6 nitrogen and oxygen atoms in total. The number of aryl methyl sites for hydroxylation is 1. The lowest BCUT2D eigenvalue weighted by Gasteiger charge is -2.13. The van der Waals surface area contributed by atoms with Gasteiger partial charge < -0.3 is 9.88 Å². The number of hydrogen-bond acceptors (Lipinski definition) is 5. The number of amides is 1. The molecule has 0 saturated carbocycles. The maximum Gasteiger partial charge on any atom is 0.237 e. The number of benzene rings is 1. The SMILES string of the molecule is CCCn1c(SC(C)C(=O)Nc2cccc(C)c2)nnc1-c1ccncc1. The number of hydrogen-bond donors (Lipinski definition) is 1. The Morgan fingerprint density at radius 3 is 2.70 bits per heavy atom. The topological polar surface area (TPSA) is 72.7 Å². The summed E-state index contributed by atoms with van der Waals surface area (Å²) in [6, 6.07) is 11.6. The number of carbonyl (C=O) groups is 1. The Morgan fingerprint density at radius 1 is 1.22 bits per heavy atom. The molecule has 7 heteroatoms. The van der Waals surface area contributed by atoms with E-state index in [0.717, 1.165) is 40.8 Å². The van der Waals surface area contributed by atoms with Crippen molar-refractivity contribution in [2.24, 2.45) is 0 Å². The number of nitrogens with zero attached hydrogens (tertiary/aromatic N) is 4. The predicted octanol–water partition coefficient (Wildman–Crippen LogP) is 4.18.